The standard InChI is InChI=1S/C17H19NS/c1-12-9-13(2)11-14(10-12)18-16-7-8-19-17-6-4-3-5-15(16)17/h3-6,9-11,16,18H,7-8H2,1-2H3. The second-order valence-electron chi connectivity index (χ2n) is 5.25. The molecule has 1 heterocycles. The first-order valence-corrected chi connectivity index (χ1v) is 7.77. The largest absolute Gasteiger partial charge is 0.378 e. The Bertz CT molecular complexity index is 571. The molecule has 0 saturated heterocycles. The zero-order valence-corrected chi connectivity index (χ0v) is 12.3. The third-order valence-electron chi connectivity index (χ3n) is 3.52. The zero-order chi connectivity index (χ0) is 13.2. The fourth-order valence-corrected chi connectivity index (χ4v) is 3.88. The van der Waals surface area contributed by atoms with Gasteiger partial charge in [0, 0.05) is 16.3 Å². The van der Waals surface area contributed by atoms with Gasteiger partial charge in [0.05, 0.1) is 6.04 Å². The predicted molar refractivity (Wildman–Crippen MR) is 84.1 cm³/mol. The topological polar surface area (TPSA) is 12.0 Å². The highest BCUT2D eigenvalue weighted by atomic mass is 32.2. The molecule has 2 aromatic rings. The molecule has 0 radical (unpaired) electrons. The van der Waals surface area contributed by atoms with Crippen LogP contribution in [0.1, 0.15) is 29.2 Å². The first-order chi connectivity index (χ1) is 9.22. The summed E-state index contributed by atoms with van der Waals surface area (Å²) < 4.78 is 0. The molecule has 3 rings (SSSR count). The van der Waals surface area contributed by atoms with Crippen LogP contribution in [0, 0.1) is 13.8 Å². The van der Waals surface area contributed by atoms with Gasteiger partial charge in [0.1, 0.15) is 0 Å². The molecule has 98 valence electrons. The molecule has 0 bridgehead atoms. The SMILES string of the molecule is Cc1cc(C)cc(NC2CCSc3ccccc32)c1. The molecule has 1 atom stereocenters. The summed E-state index contributed by atoms with van der Waals surface area (Å²) in [4.78, 5) is 1.43. The van der Waals surface area contributed by atoms with E-state index < -0.39 is 0 Å². The molecule has 19 heavy (non-hydrogen) atoms. The quantitative estimate of drug-likeness (QED) is 0.827. The Morgan fingerprint density at radius 3 is 2.58 bits per heavy atom. The molecule has 0 aromatic heterocycles. The minimum atomic E-state index is 0.443. The third kappa shape index (κ3) is 2.79. The summed E-state index contributed by atoms with van der Waals surface area (Å²) in [7, 11) is 0. The first-order valence-electron chi connectivity index (χ1n) is 6.79. The van der Waals surface area contributed by atoms with Crippen LogP contribution in [0.5, 0.6) is 0 Å². The van der Waals surface area contributed by atoms with Gasteiger partial charge in [-0.25, -0.2) is 0 Å². The Kier molecular flexibility index (Phi) is 3.52. The minimum absolute atomic E-state index is 0.443. The van der Waals surface area contributed by atoms with Crippen molar-refractivity contribution < 1.29 is 0 Å². The van der Waals surface area contributed by atoms with Gasteiger partial charge in [-0.15, -0.1) is 11.8 Å². The first kappa shape index (κ1) is 12.6. The van der Waals surface area contributed by atoms with Crippen molar-refractivity contribution in [3.63, 3.8) is 0 Å². The van der Waals surface area contributed by atoms with Crippen LogP contribution in [-0.4, -0.2) is 5.75 Å². The molecule has 0 saturated carbocycles. The maximum Gasteiger partial charge on any atom is 0.0532 e. The number of benzene rings is 2. The summed E-state index contributed by atoms with van der Waals surface area (Å²) in [6, 6.07) is 15.9. The van der Waals surface area contributed by atoms with Crippen molar-refractivity contribution in [1.29, 1.82) is 0 Å². The summed E-state index contributed by atoms with van der Waals surface area (Å²) in [6.45, 7) is 4.31. The van der Waals surface area contributed by atoms with E-state index in [-0.39, 0.29) is 0 Å². The van der Waals surface area contributed by atoms with Crippen molar-refractivity contribution in [3.05, 3.63) is 59.2 Å². The molecule has 1 aliphatic rings. The Balaban J connectivity index is 1.88. The minimum Gasteiger partial charge on any atom is -0.378 e. The van der Waals surface area contributed by atoms with Gasteiger partial charge in [0.15, 0.2) is 0 Å². The van der Waals surface area contributed by atoms with Crippen LogP contribution >= 0.6 is 11.8 Å². The molecule has 0 spiro atoms. The third-order valence-corrected chi connectivity index (χ3v) is 4.64. The van der Waals surface area contributed by atoms with E-state index in [0.29, 0.717) is 6.04 Å². The van der Waals surface area contributed by atoms with Crippen molar-refractivity contribution in [1.82, 2.24) is 0 Å². The number of anilines is 1. The summed E-state index contributed by atoms with van der Waals surface area (Å²) in [5.74, 6) is 1.19. The zero-order valence-electron chi connectivity index (χ0n) is 11.4. The van der Waals surface area contributed by atoms with E-state index in [9.17, 15) is 0 Å². The lowest BCUT2D eigenvalue weighted by Crippen LogP contribution is -2.16. The fraction of sp³-hybridized carbons (Fsp3) is 0.294. The highest BCUT2D eigenvalue weighted by Gasteiger charge is 2.19. The second kappa shape index (κ2) is 5.30. The van der Waals surface area contributed by atoms with Crippen molar-refractivity contribution in [2.45, 2.75) is 31.2 Å². The van der Waals surface area contributed by atoms with Gasteiger partial charge >= 0.3 is 0 Å². The lowest BCUT2D eigenvalue weighted by atomic mass is 10.0. The van der Waals surface area contributed by atoms with Gasteiger partial charge < -0.3 is 5.32 Å². The van der Waals surface area contributed by atoms with E-state index in [1.807, 2.05) is 11.8 Å². The molecule has 1 aliphatic heterocycles. The number of hydrogen-bond donors (Lipinski definition) is 1. The van der Waals surface area contributed by atoms with Crippen LogP contribution in [0.15, 0.2) is 47.4 Å². The van der Waals surface area contributed by atoms with Crippen LogP contribution < -0.4 is 5.32 Å². The molecule has 0 fully saturated rings. The number of fused-ring (bicyclic) bond motifs is 1. The molecule has 0 amide bonds. The fourth-order valence-electron chi connectivity index (χ4n) is 2.75. The number of aryl methyl sites for hydroxylation is 2. The average Bonchev–Trinajstić information content (AvgIpc) is 2.38. The highest BCUT2D eigenvalue weighted by molar-refractivity contribution is 7.99. The van der Waals surface area contributed by atoms with Crippen molar-refractivity contribution in [2.75, 3.05) is 11.1 Å². The van der Waals surface area contributed by atoms with E-state index in [4.69, 9.17) is 0 Å². The van der Waals surface area contributed by atoms with Crippen molar-refractivity contribution in [2.24, 2.45) is 0 Å². The smallest absolute Gasteiger partial charge is 0.0532 e. The van der Waals surface area contributed by atoms with Gasteiger partial charge in [-0.1, -0.05) is 24.3 Å². The van der Waals surface area contributed by atoms with E-state index in [0.717, 1.165) is 0 Å². The summed E-state index contributed by atoms with van der Waals surface area (Å²) in [6.07, 6.45) is 1.19. The van der Waals surface area contributed by atoms with Crippen LogP contribution in [0.25, 0.3) is 0 Å². The van der Waals surface area contributed by atoms with Crippen LogP contribution in [0.2, 0.25) is 0 Å². The molecule has 1 N–H and O–H groups in total. The van der Waals surface area contributed by atoms with Crippen LogP contribution in [-0.2, 0) is 0 Å². The van der Waals surface area contributed by atoms with Gasteiger partial charge in [-0.05, 0) is 55.2 Å². The summed E-state index contributed by atoms with van der Waals surface area (Å²) in [5, 5.41) is 3.71. The summed E-state index contributed by atoms with van der Waals surface area (Å²) in [5.41, 5.74) is 5.32. The van der Waals surface area contributed by atoms with Crippen molar-refractivity contribution in [3.8, 4) is 0 Å². The highest BCUT2D eigenvalue weighted by Crippen LogP contribution is 2.37. The lowest BCUT2D eigenvalue weighted by molar-refractivity contribution is 0.728. The number of hydrogen-bond acceptors (Lipinski definition) is 2. The Morgan fingerprint density at radius 2 is 1.79 bits per heavy atom. The van der Waals surface area contributed by atoms with E-state index >= 15 is 0 Å². The number of nitrogens with one attached hydrogen (secondary N) is 1. The second-order valence-corrected chi connectivity index (χ2v) is 6.39. The van der Waals surface area contributed by atoms with Gasteiger partial charge in [-0.2, -0.15) is 0 Å². The van der Waals surface area contributed by atoms with Gasteiger partial charge in [0.25, 0.3) is 0 Å². The Morgan fingerprint density at radius 1 is 1.05 bits per heavy atom. The summed E-state index contributed by atoms with van der Waals surface area (Å²) >= 11 is 1.97. The predicted octanol–water partition coefficient (Wildman–Crippen LogP) is 4.95. The van der Waals surface area contributed by atoms with Crippen LogP contribution in [0.4, 0.5) is 5.69 Å². The maximum absolute atomic E-state index is 3.71. The Hall–Kier alpha value is -1.41. The maximum atomic E-state index is 3.71. The van der Waals surface area contributed by atoms with Gasteiger partial charge in [0.2, 0.25) is 0 Å². The van der Waals surface area contributed by atoms with Crippen LogP contribution in [0.3, 0.4) is 0 Å². The lowest BCUT2D eigenvalue weighted by Gasteiger charge is -2.27. The van der Waals surface area contributed by atoms with E-state index in [1.54, 1.807) is 0 Å². The average molecular weight is 269 g/mol. The number of thioether (sulfide) groups is 1. The molecule has 2 heteroatoms. The Labute approximate surface area is 119 Å². The normalized spacial score (nSPS) is 17.9. The molecule has 1 nitrogen and oxygen atoms in total. The monoisotopic (exact) mass is 269 g/mol. The molecule has 2 aromatic carbocycles. The molecule has 0 aliphatic carbocycles. The van der Waals surface area contributed by atoms with E-state index in [2.05, 4.69) is 61.6 Å². The number of rotatable bonds is 2. The molecular weight excluding hydrogens is 250 g/mol. The molecule has 1 unspecified atom stereocenters. The van der Waals surface area contributed by atoms with Gasteiger partial charge in [-0.3, -0.25) is 0 Å². The molecular formula is C17H19NS. The van der Waals surface area contributed by atoms with Crippen molar-refractivity contribution >= 4 is 17.4 Å². The van der Waals surface area contributed by atoms with E-state index in [1.165, 1.54) is 39.4 Å².